The number of nitrogens with zero attached hydrogens (tertiary/aromatic N) is 3. The van der Waals surface area contributed by atoms with Gasteiger partial charge in [0.1, 0.15) is 13.9 Å². The summed E-state index contributed by atoms with van der Waals surface area (Å²) < 4.78 is 15.3. The quantitative estimate of drug-likeness (QED) is 0.595. The zero-order valence-corrected chi connectivity index (χ0v) is 14.5. The summed E-state index contributed by atoms with van der Waals surface area (Å²) in [7, 11) is -1.48. The Bertz CT molecular complexity index is 827. The molecule has 0 saturated carbocycles. The summed E-state index contributed by atoms with van der Waals surface area (Å²) in [6, 6.07) is 6.16. The Morgan fingerprint density at radius 1 is 1.18 bits per heavy atom. The monoisotopic (exact) mass is 311 g/mol. The molecule has 1 aromatic carbocycles. The number of hydrogen-bond acceptors (Lipinski definition) is 2. The van der Waals surface area contributed by atoms with Crippen molar-refractivity contribution < 1.29 is 4.39 Å². The largest absolute Gasteiger partial charge is 0.236 e. The van der Waals surface area contributed by atoms with Gasteiger partial charge in [-0.3, -0.25) is 0 Å². The van der Waals surface area contributed by atoms with E-state index in [0.29, 0.717) is 5.69 Å². The SMILES string of the molecule is Cc1nn(-c2cc(F)cc(C#N)c2)c(C)c1C#C[Si](C)(C)C. The fourth-order valence-corrected chi connectivity index (χ4v) is 2.59. The molecule has 2 aromatic rings. The lowest BCUT2D eigenvalue weighted by Crippen LogP contribution is -2.16. The van der Waals surface area contributed by atoms with Gasteiger partial charge in [0, 0.05) is 0 Å². The van der Waals surface area contributed by atoms with Crippen LogP contribution in [0.25, 0.3) is 5.69 Å². The molecular weight excluding hydrogens is 293 g/mol. The fraction of sp³-hybridized carbons (Fsp3) is 0.294. The number of halogens is 1. The third-order valence-electron chi connectivity index (χ3n) is 3.11. The molecule has 2 rings (SSSR count). The van der Waals surface area contributed by atoms with Gasteiger partial charge in [0.2, 0.25) is 0 Å². The second kappa shape index (κ2) is 5.79. The predicted octanol–water partition coefficient (Wildman–Crippen LogP) is 3.73. The Morgan fingerprint density at radius 3 is 2.45 bits per heavy atom. The van der Waals surface area contributed by atoms with Crippen LogP contribution in [0.3, 0.4) is 0 Å². The minimum Gasteiger partial charge on any atom is -0.236 e. The lowest BCUT2D eigenvalue weighted by Gasteiger charge is -2.05. The highest BCUT2D eigenvalue weighted by Crippen LogP contribution is 2.19. The van der Waals surface area contributed by atoms with Crippen molar-refractivity contribution in [3.05, 3.63) is 46.5 Å². The molecule has 0 fully saturated rings. The van der Waals surface area contributed by atoms with Gasteiger partial charge in [-0.05, 0) is 32.0 Å². The molecule has 0 unspecified atom stereocenters. The number of aryl methyl sites for hydroxylation is 1. The highest BCUT2D eigenvalue weighted by molar-refractivity contribution is 6.83. The summed E-state index contributed by atoms with van der Waals surface area (Å²) in [4.78, 5) is 0. The van der Waals surface area contributed by atoms with Gasteiger partial charge >= 0.3 is 0 Å². The normalized spacial score (nSPS) is 10.8. The third-order valence-corrected chi connectivity index (χ3v) is 3.99. The fourth-order valence-electron chi connectivity index (χ4n) is 2.09. The number of nitriles is 1. The molecular formula is C17H18FN3Si. The van der Waals surface area contributed by atoms with Crippen molar-refractivity contribution in [3.63, 3.8) is 0 Å². The third kappa shape index (κ3) is 3.44. The number of rotatable bonds is 1. The highest BCUT2D eigenvalue weighted by Gasteiger charge is 2.14. The van der Waals surface area contributed by atoms with E-state index in [2.05, 4.69) is 36.2 Å². The van der Waals surface area contributed by atoms with E-state index in [1.165, 1.54) is 12.1 Å². The van der Waals surface area contributed by atoms with Crippen LogP contribution in [0.1, 0.15) is 22.5 Å². The first-order chi connectivity index (χ1) is 10.2. The smallest absolute Gasteiger partial charge is 0.129 e. The van der Waals surface area contributed by atoms with Crippen LogP contribution in [0.5, 0.6) is 0 Å². The van der Waals surface area contributed by atoms with Crippen molar-refractivity contribution >= 4 is 8.07 Å². The Kier molecular flexibility index (Phi) is 4.21. The van der Waals surface area contributed by atoms with E-state index >= 15 is 0 Å². The number of aromatic nitrogens is 2. The molecule has 112 valence electrons. The average Bonchev–Trinajstić information content (AvgIpc) is 2.70. The molecule has 0 amide bonds. The summed E-state index contributed by atoms with van der Waals surface area (Å²) >= 11 is 0. The van der Waals surface area contributed by atoms with E-state index in [1.807, 2.05) is 19.9 Å². The summed E-state index contributed by atoms with van der Waals surface area (Å²) in [6.07, 6.45) is 0. The van der Waals surface area contributed by atoms with Gasteiger partial charge in [0.15, 0.2) is 0 Å². The van der Waals surface area contributed by atoms with Crippen molar-refractivity contribution in [2.24, 2.45) is 0 Å². The molecule has 1 heterocycles. The van der Waals surface area contributed by atoms with Gasteiger partial charge in [-0.1, -0.05) is 25.6 Å². The number of hydrogen-bond donors (Lipinski definition) is 0. The van der Waals surface area contributed by atoms with Crippen LogP contribution in [-0.4, -0.2) is 17.9 Å². The molecule has 0 aliphatic heterocycles. The first-order valence-electron chi connectivity index (χ1n) is 7.02. The molecule has 0 bridgehead atoms. The van der Waals surface area contributed by atoms with Crippen LogP contribution in [0.15, 0.2) is 18.2 Å². The van der Waals surface area contributed by atoms with Gasteiger partial charge in [0.05, 0.1) is 34.3 Å². The minimum atomic E-state index is -1.48. The highest BCUT2D eigenvalue weighted by atomic mass is 28.3. The topological polar surface area (TPSA) is 41.6 Å². The van der Waals surface area contributed by atoms with Gasteiger partial charge in [0.25, 0.3) is 0 Å². The Labute approximate surface area is 131 Å². The zero-order chi connectivity index (χ0) is 16.5. The lowest BCUT2D eigenvalue weighted by atomic mass is 10.2. The Morgan fingerprint density at radius 2 is 1.86 bits per heavy atom. The van der Waals surface area contributed by atoms with Crippen LogP contribution in [-0.2, 0) is 0 Å². The molecule has 0 saturated heterocycles. The van der Waals surface area contributed by atoms with Crippen LogP contribution in [0, 0.1) is 42.5 Å². The first kappa shape index (κ1) is 16.0. The Balaban J connectivity index is 2.58. The molecule has 0 aliphatic carbocycles. The molecule has 0 N–H and O–H groups in total. The van der Waals surface area contributed by atoms with E-state index < -0.39 is 13.9 Å². The van der Waals surface area contributed by atoms with Crippen molar-refractivity contribution in [1.29, 1.82) is 5.26 Å². The van der Waals surface area contributed by atoms with E-state index in [4.69, 9.17) is 5.26 Å². The van der Waals surface area contributed by atoms with Crippen LogP contribution < -0.4 is 0 Å². The van der Waals surface area contributed by atoms with Crippen molar-refractivity contribution in [3.8, 4) is 23.2 Å². The number of benzene rings is 1. The van der Waals surface area contributed by atoms with Crippen LogP contribution in [0.2, 0.25) is 19.6 Å². The molecule has 3 nitrogen and oxygen atoms in total. The second-order valence-corrected chi connectivity index (χ2v) is 11.0. The predicted molar refractivity (Wildman–Crippen MR) is 87.9 cm³/mol. The van der Waals surface area contributed by atoms with Gasteiger partial charge in [-0.15, -0.1) is 5.54 Å². The maximum atomic E-state index is 13.6. The van der Waals surface area contributed by atoms with E-state index in [-0.39, 0.29) is 5.56 Å². The summed E-state index contributed by atoms with van der Waals surface area (Å²) in [5.41, 5.74) is 6.69. The molecule has 0 radical (unpaired) electrons. The molecule has 0 atom stereocenters. The van der Waals surface area contributed by atoms with E-state index in [1.54, 1.807) is 10.7 Å². The maximum absolute atomic E-state index is 13.6. The molecule has 0 aliphatic rings. The van der Waals surface area contributed by atoms with Crippen LogP contribution in [0.4, 0.5) is 4.39 Å². The molecule has 22 heavy (non-hydrogen) atoms. The molecule has 5 heteroatoms. The molecule has 0 spiro atoms. The van der Waals surface area contributed by atoms with Gasteiger partial charge < -0.3 is 0 Å². The summed E-state index contributed by atoms with van der Waals surface area (Å²) in [6.45, 7) is 10.3. The van der Waals surface area contributed by atoms with Crippen molar-refractivity contribution in [2.45, 2.75) is 33.5 Å². The van der Waals surface area contributed by atoms with Crippen molar-refractivity contribution in [2.75, 3.05) is 0 Å². The lowest BCUT2D eigenvalue weighted by molar-refractivity contribution is 0.624. The van der Waals surface area contributed by atoms with Crippen LogP contribution >= 0.6 is 0 Å². The van der Waals surface area contributed by atoms with Gasteiger partial charge in [-0.25, -0.2) is 9.07 Å². The first-order valence-corrected chi connectivity index (χ1v) is 10.5. The second-order valence-electron chi connectivity index (χ2n) is 6.27. The van der Waals surface area contributed by atoms with Crippen molar-refractivity contribution in [1.82, 2.24) is 9.78 Å². The minimum absolute atomic E-state index is 0.275. The van der Waals surface area contributed by atoms with E-state index in [0.717, 1.165) is 17.0 Å². The van der Waals surface area contributed by atoms with Gasteiger partial charge in [-0.2, -0.15) is 10.4 Å². The van der Waals surface area contributed by atoms with E-state index in [9.17, 15) is 4.39 Å². The molecule has 1 aromatic heterocycles. The summed E-state index contributed by atoms with van der Waals surface area (Å²) in [5, 5.41) is 13.4. The standard InChI is InChI=1S/C17H18FN3Si/c1-12-17(6-7-22(3,4)5)13(2)21(20-12)16-9-14(11-19)8-15(18)10-16/h8-10H,1-5H3. The zero-order valence-electron chi connectivity index (χ0n) is 13.5. The maximum Gasteiger partial charge on any atom is 0.129 e. The average molecular weight is 311 g/mol. The summed E-state index contributed by atoms with van der Waals surface area (Å²) in [5.74, 6) is 2.78. The Hall–Kier alpha value is -2.37.